The van der Waals surface area contributed by atoms with Crippen molar-refractivity contribution >= 4 is 23.1 Å². The van der Waals surface area contributed by atoms with Gasteiger partial charge in [-0.15, -0.1) is 0 Å². The number of rotatable bonds is 5. The van der Waals surface area contributed by atoms with Crippen molar-refractivity contribution in [3.63, 3.8) is 0 Å². The predicted octanol–water partition coefficient (Wildman–Crippen LogP) is 3.16. The minimum Gasteiger partial charge on any atom is -0.399 e. The van der Waals surface area contributed by atoms with Gasteiger partial charge in [-0.05, 0) is 50.0 Å². The molecule has 16 heavy (non-hydrogen) atoms. The van der Waals surface area contributed by atoms with E-state index in [9.17, 15) is 0 Å². The lowest BCUT2D eigenvalue weighted by Gasteiger charge is -2.28. The predicted molar refractivity (Wildman–Crippen MR) is 76.5 cm³/mol. The van der Waals surface area contributed by atoms with Crippen molar-refractivity contribution < 1.29 is 0 Å². The highest BCUT2D eigenvalue weighted by Gasteiger charge is 2.11. The van der Waals surface area contributed by atoms with Crippen LogP contribution >= 0.6 is 11.8 Å². The van der Waals surface area contributed by atoms with Crippen molar-refractivity contribution in [3.8, 4) is 0 Å². The van der Waals surface area contributed by atoms with Gasteiger partial charge in [0.2, 0.25) is 0 Å². The van der Waals surface area contributed by atoms with Crippen LogP contribution < -0.4 is 10.6 Å². The van der Waals surface area contributed by atoms with Gasteiger partial charge in [-0.3, -0.25) is 0 Å². The van der Waals surface area contributed by atoms with Crippen molar-refractivity contribution in [1.29, 1.82) is 0 Å². The van der Waals surface area contributed by atoms with E-state index in [0.29, 0.717) is 6.04 Å². The molecule has 0 spiro atoms. The molecule has 0 radical (unpaired) electrons. The SMILES string of the molecule is CSCCC(C)N(C)c1cc(N)ccc1C. The Morgan fingerprint density at radius 2 is 2.12 bits per heavy atom. The van der Waals surface area contributed by atoms with E-state index in [-0.39, 0.29) is 0 Å². The highest BCUT2D eigenvalue weighted by molar-refractivity contribution is 7.98. The maximum absolute atomic E-state index is 5.83. The Bertz CT molecular complexity index is 339. The summed E-state index contributed by atoms with van der Waals surface area (Å²) >= 11 is 1.90. The summed E-state index contributed by atoms with van der Waals surface area (Å²) in [6.07, 6.45) is 3.35. The van der Waals surface area contributed by atoms with E-state index >= 15 is 0 Å². The average molecular weight is 238 g/mol. The molecule has 0 aliphatic carbocycles. The summed E-state index contributed by atoms with van der Waals surface area (Å²) in [7, 11) is 2.15. The Kier molecular flexibility index (Phi) is 5.00. The summed E-state index contributed by atoms with van der Waals surface area (Å²) in [5, 5.41) is 0. The van der Waals surface area contributed by atoms with Gasteiger partial charge in [0.05, 0.1) is 0 Å². The molecule has 0 heterocycles. The molecule has 0 bridgehead atoms. The third-order valence-corrected chi connectivity index (χ3v) is 3.66. The average Bonchev–Trinajstić information content (AvgIpc) is 2.28. The number of thioether (sulfide) groups is 1. The molecule has 0 aromatic heterocycles. The number of aryl methyl sites for hydroxylation is 1. The van der Waals surface area contributed by atoms with Crippen LogP contribution in [0.2, 0.25) is 0 Å². The molecule has 0 saturated carbocycles. The molecule has 2 nitrogen and oxygen atoms in total. The number of nitrogen functional groups attached to an aromatic ring is 1. The fraction of sp³-hybridized carbons (Fsp3) is 0.538. The molecular formula is C13H22N2S. The Balaban J connectivity index is 2.78. The lowest BCUT2D eigenvalue weighted by molar-refractivity contribution is 0.668. The van der Waals surface area contributed by atoms with Crippen LogP contribution in [-0.2, 0) is 0 Å². The largest absolute Gasteiger partial charge is 0.399 e. The van der Waals surface area contributed by atoms with Gasteiger partial charge >= 0.3 is 0 Å². The van der Waals surface area contributed by atoms with Gasteiger partial charge in [0.25, 0.3) is 0 Å². The molecule has 1 rings (SSSR count). The Morgan fingerprint density at radius 3 is 2.75 bits per heavy atom. The summed E-state index contributed by atoms with van der Waals surface area (Å²) in [5.74, 6) is 1.20. The third kappa shape index (κ3) is 3.34. The number of nitrogens with two attached hydrogens (primary N) is 1. The van der Waals surface area contributed by atoms with Crippen LogP contribution in [0.4, 0.5) is 11.4 Å². The topological polar surface area (TPSA) is 29.3 Å². The van der Waals surface area contributed by atoms with Crippen LogP contribution in [0.5, 0.6) is 0 Å². The van der Waals surface area contributed by atoms with E-state index in [0.717, 1.165) is 5.69 Å². The minimum absolute atomic E-state index is 0.549. The molecule has 2 N–H and O–H groups in total. The van der Waals surface area contributed by atoms with Crippen molar-refractivity contribution in [3.05, 3.63) is 23.8 Å². The smallest absolute Gasteiger partial charge is 0.0416 e. The van der Waals surface area contributed by atoms with Crippen molar-refractivity contribution in [2.75, 3.05) is 29.7 Å². The molecule has 0 aliphatic heterocycles. The molecule has 1 aromatic rings. The van der Waals surface area contributed by atoms with Crippen LogP contribution in [-0.4, -0.2) is 25.1 Å². The van der Waals surface area contributed by atoms with Crippen molar-refractivity contribution in [2.24, 2.45) is 0 Å². The maximum atomic E-state index is 5.83. The highest BCUT2D eigenvalue weighted by atomic mass is 32.2. The van der Waals surface area contributed by atoms with E-state index in [1.165, 1.54) is 23.4 Å². The molecule has 1 aromatic carbocycles. The van der Waals surface area contributed by atoms with Crippen LogP contribution in [0.3, 0.4) is 0 Å². The van der Waals surface area contributed by atoms with E-state index in [1.54, 1.807) is 0 Å². The lowest BCUT2D eigenvalue weighted by Crippen LogP contribution is -2.29. The van der Waals surface area contributed by atoms with Gasteiger partial charge < -0.3 is 10.6 Å². The van der Waals surface area contributed by atoms with Crippen LogP contribution in [0.15, 0.2) is 18.2 Å². The normalized spacial score (nSPS) is 12.5. The van der Waals surface area contributed by atoms with Gasteiger partial charge in [0.1, 0.15) is 0 Å². The van der Waals surface area contributed by atoms with E-state index < -0.39 is 0 Å². The molecule has 1 unspecified atom stereocenters. The Hall–Kier alpha value is -0.830. The number of hydrogen-bond acceptors (Lipinski definition) is 3. The maximum Gasteiger partial charge on any atom is 0.0416 e. The second-order valence-electron chi connectivity index (χ2n) is 4.29. The monoisotopic (exact) mass is 238 g/mol. The van der Waals surface area contributed by atoms with Crippen LogP contribution in [0.1, 0.15) is 18.9 Å². The molecular weight excluding hydrogens is 216 g/mol. The number of nitrogens with zero attached hydrogens (tertiary/aromatic N) is 1. The lowest BCUT2D eigenvalue weighted by atomic mass is 10.1. The summed E-state index contributed by atoms with van der Waals surface area (Å²) in [4.78, 5) is 2.32. The molecule has 3 heteroatoms. The first-order chi connectivity index (χ1) is 7.56. The fourth-order valence-electron chi connectivity index (χ4n) is 1.73. The third-order valence-electron chi connectivity index (χ3n) is 3.01. The van der Waals surface area contributed by atoms with Gasteiger partial charge in [-0.2, -0.15) is 11.8 Å². The molecule has 0 saturated heterocycles. The minimum atomic E-state index is 0.549. The van der Waals surface area contributed by atoms with Crippen LogP contribution in [0, 0.1) is 6.92 Å². The van der Waals surface area contributed by atoms with Crippen molar-refractivity contribution in [1.82, 2.24) is 0 Å². The zero-order valence-electron chi connectivity index (χ0n) is 10.7. The highest BCUT2D eigenvalue weighted by Crippen LogP contribution is 2.24. The Morgan fingerprint density at radius 1 is 1.44 bits per heavy atom. The van der Waals surface area contributed by atoms with E-state index in [4.69, 9.17) is 5.73 Å². The first kappa shape index (κ1) is 13.2. The molecule has 0 fully saturated rings. The summed E-state index contributed by atoms with van der Waals surface area (Å²) in [5.41, 5.74) is 9.20. The van der Waals surface area contributed by atoms with E-state index in [1.807, 2.05) is 17.8 Å². The van der Waals surface area contributed by atoms with Gasteiger partial charge in [-0.25, -0.2) is 0 Å². The van der Waals surface area contributed by atoms with Crippen molar-refractivity contribution in [2.45, 2.75) is 26.3 Å². The van der Waals surface area contributed by atoms with Crippen LogP contribution in [0.25, 0.3) is 0 Å². The fourth-order valence-corrected chi connectivity index (χ4v) is 2.30. The quantitative estimate of drug-likeness (QED) is 0.799. The zero-order valence-corrected chi connectivity index (χ0v) is 11.5. The first-order valence-electron chi connectivity index (χ1n) is 5.64. The number of anilines is 2. The second-order valence-corrected chi connectivity index (χ2v) is 5.27. The number of benzene rings is 1. The molecule has 0 amide bonds. The molecule has 1 atom stereocenters. The standard InChI is InChI=1S/C13H22N2S/c1-10-5-6-12(14)9-13(10)15(3)11(2)7-8-16-4/h5-6,9,11H,7-8,14H2,1-4H3. The van der Waals surface area contributed by atoms with E-state index in [2.05, 4.69) is 44.2 Å². The Labute approximate surface area is 103 Å². The molecule has 0 aliphatic rings. The van der Waals surface area contributed by atoms with Gasteiger partial charge in [0.15, 0.2) is 0 Å². The molecule has 90 valence electrons. The van der Waals surface area contributed by atoms with Gasteiger partial charge in [0, 0.05) is 24.5 Å². The zero-order chi connectivity index (χ0) is 12.1. The summed E-state index contributed by atoms with van der Waals surface area (Å²) in [6.45, 7) is 4.39. The second kappa shape index (κ2) is 6.04. The first-order valence-corrected chi connectivity index (χ1v) is 7.03. The number of hydrogen-bond donors (Lipinski definition) is 1. The summed E-state index contributed by atoms with van der Waals surface area (Å²) < 4.78 is 0. The van der Waals surface area contributed by atoms with Gasteiger partial charge in [-0.1, -0.05) is 6.07 Å². The summed E-state index contributed by atoms with van der Waals surface area (Å²) in [6, 6.07) is 6.65.